The van der Waals surface area contributed by atoms with Crippen molar-refractivity contribution < 1.29 is 4.74 Å². The van der Waals surface area contributed by atoms with Crippen molar-refractivity contribution in [3.05, 3.63) is 36.5 Å². The quantitative estimate of drug-likeness (QED) is 0.709. The van der Waals surface area contributed by atoms with Gasteiger partial charge in [0.05, 0.1) is 7.11 Å². The number of hydrogen-bond acceptors (Lipinski definition) is 2. The second kappa shape index (κ2) is 4.18. The van der Waals surface area contributed by atoms with Crippen molar-refractivity contribution >= 4 is 5.69 Å². The van der Waals surface area contributed by atoms with Crippen molar-refractivity contribution in [1.29, 1.82) is 0 Å². The Kier molecular flexibility index (Phi) is 2.73. The molecular formula is C12H15NO. The van der Waals surface area contributed by atoms with E-state index in [1.165, 1.54) is 18.5 Å². The van der Waals surface area contributed by atoms with E-state index in [1.54, 1.807) is 7.11 Å². The molecule has 1 aromatic carbocycles. The molecule has 0 radical (unpaired) electrons. The van der Waals surface area contributed by atoms with Gasteiger partial charge in [0, 0.05) is 24.5 Å². The zero-order valence-electron chi connectivity index (χ0n) is 8.44. The van der Waals surface area contributed by atoms with E-state index < -0.39 is 0 Å². The number of benzene rings is 1. The molecule has 1 aliphatic heterocycles. The average Bonchev–Trinajstić information content (AvgIpc) is 2.30. The average molecular weight is 189 g/mol. The fraction of sp³-hybridized carbons (Fsp3) is 0.333. The van der Waals surface area contributed by atoms with E-state index in [0.29, 0.717) is 0 Å². The zero-order chi connectivity index (χ0) is 9.80. The van der Waals surface area contributed by atoms with Crippen LogP contribution in [-0.4, -0.2) is 13.7 Å². The molecule has 1 aromatic rings. The first-order valence-corrected chi connectivity index (χ1v) is 4.97. The van der Waals surface area contributed by atoms with Crippen molar-refractivity contribution in [2.45, 2.75) is 12.8 Å². The number of anilines is 1. The lowest BCUT2D eigenvalue weighted by atomic mass is 10.2. The van der Waals surface area contributed by atoms with Gasteiger partial charge in [-0.25, -0.2) is 0 Å². The third kappa shape index (κ3) is 1.90. The highest BCUT2D eigenvalue weighted by atomic mass is 16.5. The molecule has 2 rings (SSSR count). The van der Waals surface area contributed by atoms with Crippen LogP contribution in [-0.2, 0) is 0 Å². The maximum atomic E-state index is 5.19. The number of allylic oxidation sites excluding steroid dienone is 1. The molecule has 0 saturated heterocycles. The number of ether oxygens (including phenoxy) is 1. The molecule has 0 aliphatic carbocycles. The summed E-state index contributed by atoms with van der Waals surface area (Å²) in [6.07, 6.45) is 6.79. The van der Waals surface area contributed by atoms with Crippen molar-refractivity contribution in [3.8, 4) is 5.75 Å². The monoisotopic (exact) mass is 189 g/mol. The fourth-order valence-corrected chi connectivity index (χ4v) is 1.66. The lowest BCUT2D eigenvalue weighted by molar-refractivity contribution is 0.415. The van der Waals surface area contributed by atoms with Crippen LogP contribution in [0.1, 0.15) is 12.8 Å². The first kappa shape index (κ1) is 9.13. The van der Waals surface area contributed by atoms with E-state index >= 15 is 0 Å². The van der Waals surface area contributed by atoms with Crippen LogP contribution >= 0.6 is 0 Å². The van der Waals surface area contributed by atoms with Gasteiger partial charge < -0.3 is 9.64 Å². The minimum atomic E-state index is 0.918. The second-order valence-electron chi connectivity index (χ2n) is 3.42. The van der Waals surface area contributed by atoms with Gasteiger partial charge in [0.25, 0.3) is 0 Å². The predicted molar refractivity (Wildman–Crippen MR) is 58.7 cm³/mol. The number of nitrogens with zero attached hydrogens (tertiary/aromatic N) is 1. The van der Waals surface area contributed by atoms with Crippen LogP contribution in [0.3, 0.4) is 0 Å². The summed E-state index contributed by atoms with van der Waals surface area (Å²) in [7, 11) is 1.70. The Bertz CT molecular complexity index is 333. The van der Waals surface area contributed by atoms with Gasteiger partial charge in [0.15, 0.2) is 0 Å². The molecule has 0 fully saturated rings. The zero-order valence-corrected chi connectivity index (χ0v) is 8.44. The fourth-order valence-electron chi connectivity index (χ4n) is 1.66. The molecule has 1 heterocycles. The highest BCUT2D eigenvalue weighted by molar-refractivity contribution is 5.53. The Labute approximate surface area is 84.8 Å². The van der Waals surface area contributed by atoms with Crippen LogP contribution in [0.15, 0.2) is 36.5 Å². The minimum Gasteiger partial charge on any atom is -0.497 e. The Morgan fingerprint density at radius 2 is 2.29 bits per heavy atom. The first-order chi connectivity index (χ1) is 6.90. The summed E-state index contributed by atoms with van der Waals surface area (Å²) >= 11 is 0. The summed E-state index contributed by atoms with van der Waals surface area (Å²) in [6.45, 7) is 1.10. The Morgan fingerprint density at radius 3 is 3.00 bits per heavy atom. The molecule has 2 heteroatoms. The van der Waals surface area contributed by atoms with Crippen LogP contribution in [0.5, 0.6) is 5.75 Å². The van der Waals surface area contributed by atoms with Crippen LogP contribution in [0.4, 0.5) is 5.69 Å². The molecule has 2 nitrogen and oxygen atoms in total. The topological polar surface area (TPSA) is 12.5 Å². The second-order valence-corrected chi connectivity index (χ2v) is 3.42. The lowest BCUT2D eigenvalue weighted by Gasteiger charge is -2.23. The van der Waals surface area contributed by atoms with E-state index in [0.717, 1.165) is 12.3 Å². The largest absolute Gasteiger partial charge is 0.497 e. The molecule has 1 aliphatic rings. The van der Waals surface area contributed by atoms with Gasteiger partial charge in [0.1, 0.15) is 5.75 Å². The van der Waals surface area contributed by atoms with Gasteiger partial charge in [-0.2, -0.15) is 0 Å². The molecule has 0 amide bonds. The van der Waals surface area contributed by atoms with Crippen LogP contribution in [0, 0.1) is 0 Å². The Hall–Kier alpha value is -1.44. The highest BCUT2D eigenvalue weighted by Crippen LogP contribution is 2.23. The van der Waals surface area contributed by atoms with Crippen LogP contribution in [0.25, 0.3) is 0 Å². The van der Waals surface area contributed by atoms with Gasteiger partial charge in [-0.3, -0.25) is 0 Å². The maximum Gasteiger partial charge on any atom is 0.120 e. The lowest BCUT2D eigenvalue weighted by Crippen LogP contribution is -2.19. The van der Waals surface area contributed by atoms with E-state index in [2.05, 4.69) is 29.3 Å². The smallest absolute Gasteiger partial charge is 0.120 e. The summed E-state index contributed by atoms with van der Waals surface area (Å²) < 4.78 is 5.19. The molecule has 14 heavy (non-hydrogen) atoms. The van der Waals surface area contributed by atoms with Gasteiger partial charge >= 0.3 is 0 Å². The molecule has 0 saturated carbocycles. The number of methoxy groups -OCH3 is 1. The predicted octanol–water partition coefficient (Wildman–Crippen LogP) is 2.81. The van der Waals surface area contributed by atoms with Gasteiger partial charge in [0.2, 0.25) is 0 Å². The van der Waals surface area contributed by atoms with Crippen molar-refractivity contribution in [2.24, 2.45) is 0 Å². The summed E-state index contributed by atoms with van der Waals surface area (Å²) in [5, 5.41) is 0. The van der Waals surface area contributed by atoms with Crippen LogP contribution in [0.2, 0.25) is 0 Å². The molecule has 74 valence electrons. The highest BCUT2D eigenvalue weighted by Gasteiger charge is 2.06. The molecule has 0 spiro atoms. The molecule has 0 atom stereocenters. The minimum absolute atomic E-state index is 0.918. The van der Waals surface area contributed by atoms with E-state index in [1.807, 2.05) is 12.1 Å². The van der Waals surface area contributed by atoms with E-state index in [9.17, 15) is 0 Å². The standard InChI is InChI=1S/C12H15NO/c1-14-12-7-5-6-11(10-12)13-8-3-2-4-9-13/h3,5-8,10H,2,4,9H2,1H3. The molecule has 0 unspecified atom stereocenters. The Morgan fingerprint density at radius 1 is 1.36 bits per heavy atom. The van der Waals surface area contributed by atoms with Gasteiger partial charge in [-0.05, 0) is 25.0 Å². The van der Waals surface area contributed by atoms with Crippen molar-refractivity contribution in [2.75, 3.05) is 18.6 Å². The van der Waals surface area contributed by atoms with E-state index in [-0.39, 0.29) is 0 Å². The number of rotatable bonds is 2. The van der Waals surface area contributed by atoms with Gasteiger partial charge in [-0.15, -0.1) is 0 Å². The molecular weight excluding hydrogens is 174 g/mol. The first-order valence-electron chi connectivity index (χ1n) is 4.97. The summed E-state index contributed by atoms with van der Waals surface area (Å²) in [5.74, 6) is 0.918. The summed E-state index contributed by atoms with van der Waals surface area (Å²) in [6, 6.07) is 8.17. The van der Waals surface area contributed by atoms with E-state index in [4.69, 9.17) is 4.74 Å². The Balaban J connectivity index is 2.22. The molecule has 0 aromatic heterocycles. The van der Waals surface area contributed by atoms with Crippen molar-refractivity contribution in [1.82, 2.24) is 0 Å². The normalized spacial score (nSPS) is 15.6. The molecule has 0 N–H and O–H groups in total. The third-order valence-corrected chi connectivity index (χ3v) is 2.44. The summed E-state index contributed by atoms with van der Waals surface area (Å²) in [4.78, 5) is 2.26. The SMILES string of the molecule is COc1cccc(N2C=CCCC2)c1. The van der Waals surface area contributed by atoms with Gasteiger partial charge in [-0.1, -0.05) is 12.1 Å². The van der Waals surface area contributed by atoms with Crippen molar-refractivity contribution in [3.63, 3.8) is 0 Å². The molecule has 0 bridgehead atoms. The van der Waals surface area contributed by atoms with Crippen LogP contribution < -0.4 is 9.64 Å². The number of hydrogen-bond donors (Lipinski definition) is 0. The maximum absolute atomic E-state index is 5.19. The third-order valence-electron chi connectivity index (χ3n) is 2.44. The summed E-state index contributed by atoms with van der Waals surface area (Å²) in [5.41, 5.74) is 1.21.